The predicted octanol–water partition coefficient (Wildman–Crippen LogP) is 3.58. The highest BCUT2D eigenvalue weighted by atomic mass is 16.5. The minimum Gasteiger partial charge on any atom is -0.485 e. The molecular formula is C16H21NO2. The standard InChI is InChI=1S/C16H21NO2/c1-4-17-9-14-8-15(18-10-14)11-19-16-7-5-6-12(2)13(16)3/h5-8,10,17H,4,9,11H2,1-3H3. The summed E-state index contributed by atoms with van der Waals surface area (Å²) in [5.41, 5.74) is 3.58. The van der Waals surface area contributed by atoms with Crippen molar-refractivity contribution in [3.63, 3.8) is 0 Å². The van der Waals surface area contributed by atoms with Gasteiger partial charge in [-0.25, -0.2) is 0 Å². The maximum Gasteiger partial charge on any atom is 0.146 e. The minimum absolute atomic E-state index is 0.469. The molecule has 0 amide bonds. The molecule has 19 heavy (non-hydrogen) atoms. The van der Waals surface area contributed by atoms with Gasteiger partial charge in [-0.2, -0.15) is 0 Å². The molecule has 0 bridgehead atoms. The van der Waals surface area contributed by atoms with Gasteiger partial charge in [-0.1, -0.05) is 19.1 Å². The lowest BCUT2D eigenvalue weighted by Crippen LogP contribution is -2.10. The fourth-order valence-corrected chi connectivity index (χ4v) is 1.89. The summed E-state index contributed by atoms with van der Waals surface area (Å²) in [5.74, 6) is 1.78. The van der Waals surface area contributed by atoms with Gasteiger partial charge in [0.2, 0.25) is 0 Å². The van der Waals surface area contributed by atoms with Gasteiger partial charge in [0, 0.05) is 12.1 Å². The van der Waals surface area contributed by atoms with E-state index in [9.17, 15) is 0 Å². The number of benzene rings is 1. The first-order valence-corrected chi connectivity index (χ1v) is 6.66. The Morgan fingerprint density at radius 2 is 2.11 bits per heavy atom. The van der Waals surface area contributed by atoms with Crippen LogP contribution in [0, 0.1) is 13.8 Å². The minimum atomic E-state index is 0.469. The molecule has 0 unspecified atom stereocenters. The lowest BCUT2D eigenvalue weighted by molar-refractivity contribution is 0.268. The monoisotopic (exact) mass is 259 g/mol. The zero-order valence-corrected chi connectivity index (χ0v) is 11.8. The Bertz CT molecular complexity index is 531. The molecule has 2 rings (SSSR count). The third-order valence-corrected chi connectivity index (χ3v) is 3.21. The maximum absolute atomic E-state index is 5.81. The van der Waals surface area contributed by atoms with Gasteiger partial charge in [0.1, 0.15) is 18.1 Å². The quantitative estimate of drug-likeness (QED) is 0.861. The Balaban J connectivity index is 1.95. The predicted molar refractivity (Wildman–Crippen MR) is 76.3 cm³/mol. The Labute approximate surface area is 114 Å². The second-order valence-corrected chi connectivity index (χ2v) is 4.69. The van der Waals surface area contributed by atoms with Crippen LogP contribution in [0.1, 0.15) is 29.4 Å². The molecule has 0 aliphatic heterocycles. The second-order valence-electron chi connectivity index (χ2n) is 4.69. The first kappa shape index (κ1) is 13.7. The van der Waals surface area contributed by atoms with E-state index in [0.717, 1.165) is 30.2 Å². The SMILES string of the molecule is CCNCc1coc(COc2cccc(C)c2C)c1. The highest BCUT2D eigenvalue weighted by Gasteiger charge is 2.05. The molecule has 0 saturated heterocycles. The number of hydrogen-bond donors (Lipinski definition) is 1. The Kier molecular flexibility index (Phi) is 4.63. The van der Waals surface area contributed by atoms with E-state index in [1.54, 1.807) is 6.26 Å². The summed E-state index contributed by atoms with van der Waals surface area (Å²) in [7, 11) is 0. The average molecular weight is 259 g/mol. The highest BCUT2D eigenvalue weighted by molar-refractivity contribution is 5.38. The topological polar surface area (TPSA) is 34.4 Å². The van der Waals surface area contributed by atoms with Gasteiger partial charge in [0.15, 0.2) is 0 Å². The number of furan rings is 1. The third-order valence-electron chi connectivity index (χ3n) is 3.21. The van der Waals surface area contributed by atoms with Crippen LogP contribution in [0.5, 0.6) is 5.75 Å². The van der Waals surface area contributed by atoms with Crippen LogP contribution in [0.15, 0.2) is 34.9 Å². The molecule has 0 fully saturated rings. The Morgan fingerprint density at radius 3 is 2.89 bits per heavy atom. The van der Waals surface area contributed by atoms with Gasteiger partial charge in [-0.05, 0) is 43.7 Å². The van der Waals surface area contributed by atoms with E-state index in [2.05, 4.69) is 32.2 Å². The average Bonchev–Trinajstić information content (AvgIpc) is 2.86. The van der Waals surface area contributed by atoms with Crippen molar-refractivity contribution in [2.24, 2.45) is 0 Å². The van der Waals surface area contributed by atoms with Crippen LogP contribution >= 0.6 is 0 Å². The molecule has 1 aromatic carbocycles. The van der Waals surface area contributed by atoms with E-state index in [1.165, 1.54) is 11.1 Å². The molecule has 0 aliphatic carbocycles. The van der Waals surface area contributed by atoms with Crippen molar-refractivity contribution >= 4 is 0 Å². The molecule has 1 aromatic heterocycles. The second kappa shape index (κ2) is 6.43. The van der Waals surface area contributed by atoms with Crippen molar-refractivity contribution in [1.82, 2.24) is 5.32 Å². The van der Waals surface area contributed by atoms with Crippen molar-refractivity contribution in [2.45, 2.75) is 33.9 Å². The van der Waals surface area contributed by atoms with Crippen molar-refractivity contribution in [3.05, 3.63) is 53.0 Å². The van der Waals surface area contributed by atoms with Crippen molar-refractivity contribution in [3.8, 4) is 5.75 Å². The summed E-state index contributed by atoms with van der Waals surface area (Å²) in [6.07, 6.45) is 1.78. The van der Waals surface area contributed by atoms with Crippen molar-refractivity contribution in [2.75, 3.05) is 6.54 Å². The summed E-state index contributed by atoms with van der Waals surface area (Å²) >= 11 is 0. The number of rotatable bonds is 6. The van der Waals surface area contributed by atoms with E-state index >= 15 is 0 Å². The molecule has 102 valence electrons. The van der Waals surface area contributed by atoms with Crippen LogP contribution in [-0.4, -0.2) is 6.54 Å². The van der Waals surface area contributed by atoms with Crippen molar-refractivity contribution < 1.29 is 9.15 Å². The summed E-state index contributed by atoms with van der Waals surface area (Å²) in [6.45, 7) is 8.51. The van der Waals surface area contributed by atoms with Crippen molar-refractivity contribution in [1.29, 1.82) is 0 Å². The van der Waals surface area contributed by atoms with Gasteiger partial charge in [0.25, 0.3) is 0 Å². The fourth-order valence-electron chi connectivity index (χ4n) is 1.89. The van der Waals surface area contributed by atoms with Gasteiger partial charge < -0.3 is 14.5 Å². The Hall–Kier alpha value is -1.74. The summed E-state index contributed by atoms with van der Waals surface area (Å²) in [5, 5.41) is 3.27. The van der Waals surface area contributed by atoms with Crippen LogP contribution in [0.25, 0.3) is 0 Å². The molecule has 3 heteroatoms. The van der Waals surface area contributed by atoms with Gasteiger partial charge in [-0.3, -0.25) is 0 Å². The van der Waals surface area contributed by atoms with E-state index < -0.39 is 0 Å². The van der Waals surface area contributed by atoms with E-state index in [4.69, 9.17) is 9.15 Å². The van der Waals surface area contributed by atoms with E-state index in [-0.39, 0.29) is 0 Å². The molecule has 0 saturated carbocycles. The number of nitrogens with one attached hydrogen (secondary N) is 1. The largest absolute Gasteiger partial charge is 0.485 e. The zero-order valence-electron chi connectivity index (χ0n) is 11.8. The lowest BCUT2D eigenvalue weighted by atomic mass is 10.1. The molecule has 0 atom stereocenters. The van der Waals surface area contributed by atoms with Crippen LogP contribution in [0.4, 0.5) is 0 Å². The van der Waals surface area contributed by atoms with Gasteiger partial charge >= 0.3 is 0 Å². The summed E-state index contributed by atoms with van der Waals surface area (Å²) in [6, 6.07) is 8.12. The molecule has 0 spiro atoms. The zero-order chi connectivity index (χ0) is 13.7. The molecule has 1 heterocycles. The number of ether oxygens (including phenoxy) is 1. The normalized spacial score (nSPS) is 10.7. The molecule has 3 nitrogen and oxygen atoms in total. The maximum atomic E-state index is 5.81. The number of hydrogen-bond acceptors (Lipinski definition) is 3. The first-order valence-electron chi connectivity index (χ1n) is 6.66. The smallest absolute Gasteiger partial charge is 0.146 e. The molecular weight excluding hydrogens is 238 g/mol. The highest BCUT2D eigenvalue weighted by Crippen LogP contribution is 2.22. The summed E-state index contributed by atoms with van der Waals surface area (Å²) < 4.78 is 11.3. The third kappa shape index (κ3) is 3.61. The molecule has 0 radical (unpaired) electrons. The van der Waals surface area contributed by atoms with Crippen LogP contribution < -0.4 is 10.1 Å². The molecule has 1 N–H and O–H groups in total. The molecule has 2 aromatic rings. The summed E-state index contributed by atoms with van der Waals surface area (Å²) in [4.78, 5) is 0. The van der Waals surface area contributed by atoms with E-state index in [1.807, 2.05) is 18.2 Å². The number of aryl methyl sites for hydroxylation is 1. The lowest BCUT2D eigenvalue weighted by Gasteiger charge is -2.09. The fraction of sp³-hybridized carbons (Fsp3) is 0.375. The van der Waals surface area contributed by atoms with Crippen LogP contribution in [0.2, 0.25) is 0 Å². The van der Waals surface area contributed by atoms with Gasteiger partial charge in [0.05, 0.1) is 6.26 Å². The first-order chi connectivity index (χ1) is 9.20. The van der Waals surface area contributed by atoms with E-state index in [0.29, 0.717) is 6.61 Å². The Morgan fingerprint density at radius 1 is 1.26 bits per heavy atom. The van der Waals surface area contributed by atoms with Crippen LogP contribution in [-0.2, 0) is 13.2 Å². The van der Waals surface area contributed by atoms with Crippen LogP contribution in [0.3, 0.4) is 0 Å². The molecule has 0 aliphatic rings. The van der Waals surface area contributed by atoms with Gasteiger partial charge in [-0.15, -0.1) is 0 Å².